The first kappa shape index (κ1) is 23.2. The largest absolute Gasteiger partial charge is 0.324 e. The van der Waals surface area contributed by atoms with Gasteiger partial charge >= 0.3 is 0 Å². The molecule has 182 valence electrons. The molecule has 0 unspecified atom stereocenters. The number of likely N-dealkylation sites (tertiary alicyclic amines) is 2. The van der Waals surface area contributed by atoms with E-state index in [-0.39, 0.29) is 48.6 Å². The molecule has 0 aliphatic carbocycles. The van der Waals surface area contributed by atoms with E-state index in [1.165, 1.54) is 19.6 Å². The van der Waals surface area contributed by atoms with Gasteiger partial charge in [0, 0.05) is 0 Å². The molecule has 4 fully saturated rings. The number of piperidine rings is 2. The molecule has 4 saturated heterocycles. The van der Waals surface area contributed by atoms with Gasteiger partial charge in [-0.05, 0) is 61.8 Å². The summed E-state index contributed by atoms with van der Waals surface area (Å²) in [5.74, 6) is 0.721. The highest BCUT2D eigenvalue weighted by Crippen LogP contribution is 2.28. The second-order valence-corrected chi connectivity index (χ2v) is 10.8. The van der Waals surface area contributed by atoms with Gasteiger partial charge < -0.3 is 9.80 Å². The summed E-state index contributed by atoms with van der Waals surface area (Å²) in [5.41, 5.74) is 1.02. The van der Waals surface area contributed by atoms with Crippen LogP contribution in [0.2, 0.25) is 0 Å². The number of quaternary nitrogens is 2. The molecule has 0 saturated carbocycles. The minimum atomic E-state index is -0.308. The number of carbonyl (C=O) groups excluding carboxylic acids is 4. The zero-order valence-electron chi connectivity index (χ0n) is 20.2. The van der Waals surface area contributed by atoms with Crippen LogP contribution in [-0.4, -0.2) is 61.9 Å². The highest BCUT2D eigenvalue weighted by molar-refractivity contribution is 6.23. The Bertz CT molecular complexity index is 898. The molecule has 0 radical (unpaired) electrons. The number of rotatable bonds is 4. The molecule has 4 aliphatic heterocycles. The Kier molecular flexibility index (Phi) is 6.29. The fourth-order valence-corrected chi connectivity index (χ4v) is 6.16. The van der Waals surface area contributed by atoms with Crippen molar-refractivity contribution >= 4 is 35.0 Å². The number of anilines is 2. The van der Waals surface area contributed by atoms with Crippen molar-refractivity contribution in [3.63, 3.8) is 0 Å². The van der Waals surface area contributed by atoms with Crippen molar-refractivity contribution in [2.24, 2.45) is 11.8 Å². The maximum absolute atomic E-state index is 13.1. The van der Waals surface area contributed by atoms with Crippen LogP contribution < -0.4 is 19.6 Å². The van der Waals surface area contributed by atoms with Gasteiger partial charge in [0.15, 0.2) is 12.1 Å². The Morgan fingerprint density at radius 3 is 1.26 bits per heavy atom. The van der Waals surface area contributed by atoms with E-state index < -0.39 is 0 Å². The number of hydrogen-bond acceptors (Lipinski definition) is 4. The molecule has 2 N–H and O–H groups in total. The summed E-state index contributed by atoms with van der Waals surface area (Å²) in [5, 5.41) is 0. The van der Waals surface area contributed by atoms with E-state index in [0.717, 1.165) is 51.9 Å². The maximum Gasteiger partial charge on any atom is 0.292 e. The average Bonchev–Trinajstić information content (AvgIpc) is 3.29. The summed E-state index contributed by atoms with van der Waals surface area (Å²) in [6.07, 6.45) is 4.81. The number of imide groups is 2. The van der Waals surface area contributed by atoms with E-state index in [4.69, 9.17) is 0 Å². The van der Waals surface area contributed by atoms with Gasteiger partial charge in [0.2, 0.25) is 11.8 Å². The van der Waals surface area contributed by atoms with Gasteiger partial charge in [-0.25, -0.2) is 9.80 Å². The lowest BCUT2D eigenvalue weighted by atomic mass is 9.97. The average molecular weight is 469 g/mol. The van der Waals surface area contributed by atoms with Crippen molar-refractivity contribution in [2.75, 3.05) is 36.0 Å². The molecule has 4 heterocycles. The van der Waals surface area contributed by atoms with E-state index in [0.29, 0.717) is 23.2 Å². The first-order valence-corrected chi connectivity index (χ1v) is 12.9. The van der Waals surface area contributed by atoms with Gasteiger partial charge in [0.1, 0.15) is 0 Å². The molecule has 8 nitrogen and oxygen atoms in total. The van der Waals surface area contributed by atoms with Crippen molar-refractivity contribution < 1.29 is 29.0 Å². The smallest absolute Gasteiger partial charge is 0.292 e. The lowest BCUT2D eigenvalue weighted by Crippen LogP contribution is -3.17. The van der Waals surface area contributed by atoms with Crippen LogP contribution in [0.25, 0.3) is 0 Å². The maximum atomic E-state index is 13.1. The quantitative estimate of drug-likeness (QED) is 0.588. The van der Waals surface area contributed by atoms with E-state index in [1.54, 1.807) is 24.3 Å². The molecule has 0 spiro atoms. The molecule has 2 atom stereocenters. The summed E-state index contributed by atoms with van der Waals surface area (Å²) in [4.78, 5) is 56.8. The third-order valence-corrected chi connectivity index (χ3v) is 8.48. The molecule has 1 aromatic rings. The molecule has 4 aliphatic rings. The second kappa shape index (κ2) is 9.23. The Balaban J connectivity index is 1.28. The number of carbonyl (C=O) groups is 4. The zero-order valence-corrected chi connectivity index (χ0v) is 20.2. The standard InChI is InChI=1S/C26H34N4O4/c1-17-7-11-27(12-8-17)21-15-23(31)29(25(21)33)19-3-5-20(6-4-19)30-24(32)16-22(26(30)34)28-13-9-18(2)10-14-28/h3-6,17-18,21-22H,7-16H2,1-2H3/p+2/t21-,22-/m0/s1. The van der Waals surface area contributed by atoms with Gasteiger partial charge in [-0.1, -0.05) is 13.8 Å². The SMILES string of the molecule is CC1CC[NH+]([C@H]2CC(=O)N(c3ccc(N4C(=O)C[C@H]([NH+]5CCC(C)CC5)C4=O)cc3)C2=O)CC1. The summed E-state index contributed by atoms with van der Waals surface area (Å²) in [7, 11) is 0. The molecule has 1 aromatic carbocycles. The van der Waals surface area contributed by atoms with Crippen molar-refractivity contribution in [1.82, 2.24) is 0 Å². The third-order valence-electron chi connectivity index (χ3n) is 8.48. The zero-order chi connectivity index (χ0) is 24.0. The van der Waals surface area contributed by atoms with Crippen molar-refractivity contribution in [3.05, 3.63) is 24.3 Å². The Labute approximate surface area is 200 Å². The minimum absolute atomic E-state index is 0.140. The predicted molar refractivity (Wildman–Crippen MR) is 126 cm³/mol. The highest BCUT2D eigenvalue weighted by atomic mass is 16.2. The van der Waals surface area contributed by atoms with Crippen LogP contribution in [0.1, 0.15) is 52.4 Å². The van der Waals surface area contributed by atoms with Gasteiger partial charge in [-0.2, -0.15) is 0 Å². The van der Waals surface area contributed by atoms with Crippen molar-refractivity contribution in [1.29, 1.82) is 0 Å². The van der Waals surface area contributed by atoms with E-state index in [2.05, 4.69) is 13.8 Å². The van der Waals surface area contributed by atoms with Gasteiger partial charge in [-0.15, -0.1) is 0 Å². The molecule has 34 heavy (non-hydrogen) atoms. The normalized spacial score (nSPS) is 34.9. The molecule has 0 aromatic heterocycles. The van der Waals surface area contributed by atoms with E-state index in [9.17, 15) is 19.2 Å². The van der Waals surface area contributed by atoms with Gasteiger partial charge in [0.25, 0.3) is 11.8 Å². The predicted octanol–water partition coefficient (Wildman–Crippen LogP) is -0.420. The molecule has 0 bridgehead atoms. The second-order valence-electron chi connectivity index (χ2n) is 10.8. The fourth-order valence-electron chi connectivity index (χ4n) is 6.16. The number of hydrogen-bond donors (Lipinski definition) is 2. The van der Waals surface area contributed by atoms with E-state index >= 15 is 0 Å². The number of amides is 4. The molecule has 5 rings (SSSR count). The van der Waals surface area contributed by atoms with Crippen molar-refractivity contribution in [3.8, 4) is 0 Å². The van der Waals surface area contributed by atoms with Crippen LogP contribution in [0, 0.1) is 11.8 Å². The topological polar surface area (TPSA) is 83.6 Å². The lowest BCUT2D eigenvalue weighted by molar-refractivity contribution is -0.920. The fraction of sp³-hybridized carbons (Fsp3) is 0.615. The summed E-state index contributed by atoms with van der Waals surface area (Å²) in [6, 6.07) is 6.12. The summed E-state index contributed by atoms with van der Waals surface area (Å²) >= 11 is 0. The lowest BCUT2D eigenvalue weighted by Gasteiger charge is -2.30. The van der Waals surface area contributed by atoms with E-state index in [1.807, 2.05) is 0 Å². The number of nitrogens with zero attached hydrogens (tertiary/aromatic N) is 2. The van der Waals surface area contributed by atoms with Crippen LogP contribution >= 0.6 is 0 Å². The van der Waals surface area contributed by atoms with Gasteiger partial charge in [0.05, 0.1) is 50.4 Å². The third kappa shape index (κ3) is 4.18. The van der Waals surface area contributed by atoms with Crippen LogP contribution in [0.15, 0.2) is 24.3 Å². The highest BCUT2D eigenvalue weighted by Gasteiger charge is 2.48. The molecule has 4 amide bonds. The first-order chi connectivity index (χ1) is 16.3. The summed E-state index contributed by atoms with van der Waals surface area (Å²) < 4.78 is 0. The minimum Gasteiger partial charge on any atom is -0.324 e. The number of nitrogens with one attached hydrogen (secondary N) is 2. The Morgan fingerprint density at radius 1 is 0.618 bits per heavy atom. The van der Waals surface area contributed by atoms with Crippen molar-refractivity contribution in [2.45, 2.75) is 64.5 Å². The summed E-state index contributed by atoms with van der Waals surface area (Å²) in [6.45, 7) is 8.18. The Hall–Kier alpha value is -2.58. The molecular formula is C26H36N4O4+2. The molecule has 8 heteroatoms. The number of benzene rings is 1. The van der Waals surface area contributed by atoms with Crippen LogP contribution in [0.4, 0.5) is 11.4 Å². The molecular weight excluding hydrogens is 432 g/mol. The van der Waals surface area contributed by atoms with Gasteiger partial charge in [-0.3, -0.25) is 19.2 Å². The first-order valence-electron chi connectivity index (χ1n) is 12.9. The Morgan fingerprint density at radius 2 is 0.941 bits per heavy atom. The van der Waals surface area contributed by atoms with Crippen LogP contribution in [-0.2, 0) is 19.2 Å². The van der Waals surface area contributed by atoms with Crippen LogP contribution in [0.5, 0.6) is 0 Å². The monoisotopic (exact) mass is 468 g/mol. The van der Waals surface area contributed by atoms with Crippen LogP contribution in [0.3, 0.4) is 0 Å².